The van der Waals surface area contributed by atoms with Crippen molar-refractivity contribution >= 4 is 5.91 Å². The van der Waals surface area contributed by atoms with Gasteiger partial charge in [-0.05, 0) is 43.0 Å². The van der Waals surface area contributed by atoms with E-state index < -0.39 is 0 Å². The molecule has 28 heavy (non-hydrogen) atoms. The molecule has 4 rings (SSSR count). The van der Waals surface area contributed by atoms with E-state index in [1.165, 1.54) is 0 Å². The lowest BCUT2D eigenvalue weighted by Gasteiger charge is -2.22. The van der Waals surface area contributed by atoms with Gasteiger partial charge in [0.2, 0.25) is 17.6 Å². The second-order valence-corrected chi connectivity index (χ2v) is 7.04. The summed E-state index contributed by atoms with van der Waals surface area (Å²) >= 11 is 0. The van der Waals surface area contributed by atoms with Gasteiger partial charge < -0.3 is 14.2 Å². The van der Waals surface area contributed by atoms with Crippen LogP contribution in [0.1, 0.15) is 35.9 Å². The predicted molar refractivity (Wildman–Crippen MR) is 105 cm³/mol. The summed E-state index contributed by atoms with van der Waals surface area (Å²) in [5, 5.41) is 4.15. The van der Waals surface area contributed by atoms with Crippen LogP contribution < -0.4 is 4.74 Å². The van der Waals surface area contributed by atoms with E-state index in [4.69, 9.17) is 9.26 Å². The van der Waals surface area contributed by atoms with Crippen LogP contribution in [0.2, 0.25) is 0 Å². The largest absolute Gasteiger partial charge is 0.497 e. The summed E-state index contributed by atoms with van der Waals surface area (Å²) in [6.07, 6.45) is 2.12. The lowest BCUT2D eigenvalue weighted by atomic mass is 10.1. The van der Waals surface area contributed by atoms with Crippen molar-refractivity contribution in [1.82, 2.24) is 15.0 Å². The highest BCUT2D eigenvalue weighted by Gasteiger charge is 2.34. The molecule has 0 unspecified atom stereocenters. The number of amides is 1. The summed E-state index contributed by atoms with van der Waals surface area (Å²) in [4.78, 5) is 19.3. The smallest absolute Gasteiger partial charge is 0.249 e. The molecular formula is C22H23N3O3. The molecule has 3 aromatic rings. The average Bonchev–Trinajstić information content (AvgIpc) is 3.38. The van der Waals surface area contributed by atoms with Crippen LogP contribution in [0.25, 0.3) is 11.4 Å². The zero-order valence-corrected chi connectivity index (χ0v) is 16.1. The summed E-state index contributed by atoms with van der Waals surface area (Å²) < 4.78 is 10.7. The number of ether oxygens (including phenoxy) is 1. The number of rotatable bonds is 5. The predicted octanol–water partition coefficient (Wildman–Crippen LogP) is 3.96. The first-order valence-corrected chi connectivity index (χ1v) is 9.47. The van der Waals surface area contributed by atoms with Gasteiger partial charge in [0, 0.05) is 12.1 Å². The van der Waals surface area contributed by atoms with Crippen LogP contribution in [-0.4, -0.2) is 34.6 Å². The Morgan fingerprint density at radius 1 is 1.21 bits per heavy atom. The molecule has 0 N–H and O–H groups in total. The Morgan fingerprint density at radius 3 is 2.75 bits per heavy atom. The van der Waals surface area contributed by atoms with Gasteiger partial charge in [-0.25, -0.2) is 0 Å². The Bertz CT molecular complexity index is 965. The van der Waals surface area contributed by atoms with Gasteiger partial charge >= 0.3 is 0 Å². The number of carbonyl (C=O) groups is 1. The molecule has 1 aliphatic rings. The maximum absolute atomic E-state index is 12.9. The van der Waals surface area contributed by atoms with E-state index in [0.717, 1.165) is 35.3 Å². The van der Waals surface area contributed by atoms with Gasteiger partial charge in [-0.3, -0.25) is 4.79 Å². The molecule has 2 aromatic carbocycles. The highest BCUT2D eigenvalue weighted by Crippen LogP contribution is 2.33. The van der Waals surface area contributed by atoms with Crippen molar-refractivity contribution in [3.63, 3.8) is 0 Å². The lowest BCUT2D eigenvalue weighted by molar-refractivity contribution is -0.131. The zero-order valence-electron chi connectivity index (χ0n) is 16.1. The number of aromatic nitrogens is 2. The van der Waals surface area contributed by atoms with Gasteiger partial charge in [0.25, 0.3) is 0 Å². The first-order valence-electron chi connectivity index (χ1n) is 9.47. The van der Waals surface area contributed by atoms with Crippen LogP contribution in [-0.2, 0) is 11.2 Å². The topological polar surface area (TPSA) is 68.5 Å². The molecule has 1 fully saturated rings. The third-order valence-corrected chi connectivity index (χ3v) is 5.20. The fourth-order valence-corrected chi connectivity index (χ4v) is 3.65. The molecule has 6 heteroatoms. The number of nitrogens with zero attached hydrogens (tertiary/aromatic N) is 3. The molecule has 1 aromatic heterocycles. The Kier molecular flexibility index (Phi) is 5.10. The van der Waals surface area contributed by atoms with E-state index in [1.807, 2.05) is 60.4 Å². The van der Waals surface area contributed by atoms with Gasteiger partial charge in [0.05, 0.1) is 13.5 Å². The van der Waals surface area contributed by atoms with E-state index >= 15 is 0 Å². The number of methoxy groups -OCH3 is 1. The number of benzene rings is 2. The lowest BCUT2D eigenvalue weighted by Crippen LogP contribution is -2.32. The summed E-state index contributed by atoms with van der Waals surface area (Å²) in [5.41, 5.74) is 3.00. The highest BCUT2D eigenvalue weighted by atomic mass is 16.5. The third kappa shape index (κ3) is 3.63. The molecule has 0 bridgehead atoms. The van der Waals surface area contributed by atoms with Crippen LogP contribution in [0, 0.1) is 6.92 Å². The van der Waals surface area contributed by atoms with Gasteiger partial charge in [-0.15, -0.1) is 0 Å². The molecule has 0 radical (unpaired) electrons. The monoisotopic (exact) mass is 377 g/mol. The Hall–Kier alpha value is -3.15. The molecule has 1 amide bonds. The average molecular weight is 377 g/mol. The number of aryl methyl sites for hydroxylation is 1. The van der Waals surface area contributed by atoms with Crippen LogP contribution in [0.4, 0.5) is 0 Å². The number of likely N-dealkylation sites (tertiary alicyclic amines) is 1. The van der Waals surface area contributed by atoms with E-state index in [9.17, 15) is 4.79 Å². The third-order valence-electron chi connectivity index (χ3n) is 5.20. The quantitative estimate of drug-likeness (QED) is 0.673. The summed E-state index contributed by atoms with van der Waals surface area (Å²) in [6, 6.07) is 15.4. The maximum Gasteiger partial charge on any atom is 0.249 e. The maximum atomic E-state index is 12.9. The molecular weight excluding hydrogens is 354 g/mol. The minimum Gasteiger partial charge on any atom is -0.497 e. The standard InChI is InChI=1S/C22H23N3O3/c1-15-6-3-4-7-18(15)21-23-22(28-24-21)19-8-5-13-25(19)20(26)14-16-9-11-17(27-2)12-10-16/h3-4,6-7,9-12,19H,5,8,13-14H2,1-2H3/t19-/m1/s1. The van der Waals surface area contributed by atoms with Crippen molar-refractivity contribution in [2.24, 2.45) is 0 Å². The molecule has 0 saturated carbocycles. The summed E-state index contributed by atoms with van der Waals surface area (Å²) in [5.74, 6) is 1.94. The van der Waals surface area contributed by atoms with E-state index in [0.29, 0.717) is 24.7 Å². The van der Waals surface area contributed by atoms with Crippen molar-refractivity contribution < 1.29 is 14.1 Å². The minimum absolute atomic E-state index is 0.0725. The van der Waals surface area contributed by atoms with Crippen molar-refractivity contribution in [3.05, 3.63) is 65.5 Å². The van der Waals surface area contributed by atoms with Crippen molar-refractivity contribution in [3.8, 4) is 17.1 Å². The molecule has 144 valence electrons. The van der Waals surface area contributed by atoms with Crippen LogP contribution in [0.3, 0.4) is 0 Å². The molecule has 6 nitrogen and oxygen atoms in total. The zero-order chi connectivity index (χ0) is 19.5. The molecule has 2 heterocycles. The SMILES string of the molecule is COc1ccc(CC(=O)N2CCC[C@@H]2c2nc(-c3ccccc3C)no2)cc1. The molecule has 0 aliphatic carbocycles. The number of hydrogen-bond acceptors (Lipinski definition) is 5. The number of hydrogen-bond donors (Lipinski definition) is 0. The Morgan fingerprint density at radius 2 is 2.00 bits per heavy atom. The summed E-state index contributed by atoms with van der Waals surface area (Å²) in [7, 11) is 1.63. The number of carbonyl (C=O) groups excluding carboxylic acids is 1. The van der Waals surface area contributed by atoms with E-state index in [1.54, 1.807) is 7.11 Å². The molecule has 1 atom stereocenters. The molecule has 1 aliphatic heterocycles. The normalized spacial score (nSPS) is 16.4. The Labute approximate surface area is 164 Å². The summed E-state index contributed by atoms with van der Waals surface area (Å²) in [6.45, 7) is 2.73. The molecule has 0 spiro atoms. The van der Waals surface area contributed by atoms with Crippen LogP contribution in [0.15, 0.2) is 53.1 Å². The first-order chi connectivity index (χ1) is 13.7. The van der Waals surface area contributed by atoms with Gasteiger partial charge in [-0.1, -0.05) is 41.6 Å². The molecule has 1 saturated heterocycles. The highest BCUT2D eigenvalue weighted by molar-refractivity contribution is 5.79. The van der Waals surface area contributed by atoms with Gasteiger partial charge in [-0.2, -0.15) is 4.98 Å². The van der Waals surface area contributed by atoms with Crippen LogP contribution in [0.5, 0.6) is 5.75 Å². The second kappa shape index (κ2) is 7.84. The fraction of sp³-hybridized carbons (Fsp3) is 0.318. The second-order valence-electron chi connectivity index (χ2n) is 7.04. The van der Waals surface area contributed by atoms with Gasteiger partial charge in [0.15, 0.2) is 0 Å². The Balaban J connectivity index is 1.50. The first kappa shape index (κ1) is 18.2. The fourth-order valence-electron chi connectivity index (χ4n) is 3.65. The van der Waals surface area contributed by atoms with Crippen molar-refractivity contribution in [1.29, 1.82) is 0 Å². The minimum atomic E-state index is -0.156. The van der Waals surface area contributed by atoms with Gasteiger partial charge in [0.1, 0.15) is 11.8 Å². The van der Waals surface area contributed by atoms with Crippen LogP contribution >= 0.6 is 0 Å². The van der Waals surface area contributed by atoms with E-state index in [2.05, 4.69) is 10.1 Å². The van der Waals surface area contributed by atoms with Crippen molar-refractivity contribution in [2.45, 2.75) is 32.2 Å². The van der Waals surface area contributed by atoms with Crippen molar-refractivity contribution in [2.75, 3.05) is 13.7 Å². The van der Waals surface area contributed by atoms with E-state index in [-0.39, 0.29) is 11.9 Å².